The zero-order valence-electron chi connectivity index (χ0n) is 21.8. The number of nitrogens with one attached hydrogen (secondary N) is 1. The number of nitrogens with zero attached hydrogens (tertiary/aromatic N) is 4. The molecule has 0 aliphatic carbocycles. The van der Waals surface area contributed by atoms with Crippen molar-refractivity contribution >= 4 is 5.69 Å². The molecular formula is C28H31F6N5. The van der Waals surface area contributed by atoms with Crippen molar-refractivity contribution in [1.82, 2.24) is 19.6 Å². The van der Waals surface area contributed by atoms with E-state index in [-0.39, 0.29) is 11.7 Å². The Hall–Kier alpha value is -3.05. The summed E-state index contributed by atoms with van der Waals surface area (Å²) in [5, 5.41) is 7.26. The molecule has 0 bridgehead atoms. The number of anilines is 1. The number of likely N-dealkylation sites (tertiary alicyclic amines) is 1. The molecule has 5 rings (SSSR count). The van der Waals surface area contributed by atoms with Gasteiger partial charge in [-0.3, -0.25) is 18.9 Å². The van der Waals surface area contributed by atoms with Gasteiger partial charge < -0.3 is 5.32 Å². The molecule has 0 radical (unpaired) electrons. The summed E-state index contributed by atoms with van der Waals surface area (Å²) in [5.74, 6) is -1.81. The van der Waals surface area contributed by atoms with Crippen LogP contribution >= 0.6 is 0 Å². The van der Waals surface area contributed by atoms with Crippen LogP contribution in [0.3, 0.4) is 0 Å². The van der Waals surface area contributed by atoms with Crippen LogP contribution in [0.5, 0.6) is 0 Å². The van der Waals surface area contributed by atoms with Gasteiger partial charge in [-0.05, 0) is 48.6 Å². The molecule has 39 heavy (non-hydrogen) atoms. The monoisotopic (exact) mass is 551 g/mol. The zero-order valence-corrected chi connectivity index (χ0v) is 21.8. The van der Waals surface area contributed by atoms with E-state index in [4.69, 9.17) is 0 Å². The Morgan fingerprint density at radius 1 is 1.05 bits per heavy atom. The first-order valence-corrected chi connectivity index (χ1v) is 13.0. The summed E-state index contributed by atoms with van der Waals surface area (Å²) in [6.07, 6.45) is -0.292. The molecular weight excluding hydrogens is 520 g/mol. The minimum atomic E-state index is -4.55. The average Bonchev–Trinajstić information content (AvgIpc) is 3.27. The molecule has 0 saturated carbocycles. The van der Waals surface area contributed by atoms with Crippen molar-refractivity contribution in [2.24, 2.45) is 7.05 Å². The highest BCUT2D eigenvalue weighted by Crippen LogP contribution is 2.43. The molecule has 2 atom stereocenters. The van der Waals surface area contributed by atoms with Crippen molar-refractivity contribution in [3.63, 3.8) is 0 Å². The molecule has 1 fully saturated rings. The maximum atomic E-state index is 15.6. The van der Waals surface area contributed by atoms with E-state index in [0.29, 0.717) is 38.0 Å². The van der Waals surface area contributed by atoms with Crippen LogP contribution in [-0.4, -0.2) is 70.7 Å². The van der Waals surface area contributed by atoms with Gasteiger partial charge in [-0.15, -0.1) is 0 Å². The topological polar surface area (TPSA) is 36.3 Å². The molecule has 1 N–H and O–H groups in total. The van der Waals surface area contributed by atoms with Gasteiger partial charge in [-0.25, -0.2) is 8.78 Å². The lowest BCUT2D eigenvalue weighted by Gasteiger charge is -2.43. The third-order valence-electron chi connectivity index (χ3n) is 7.54. The molecule has 0 amide bonds. The number of aryl methyl sites for hydroxylation is 1. The Balaban J connectivity index is 1.48. The lowest BCUT2D eigenvalue weighted by atomic mass is 9.83. The standard InChI is InChI=1S/C28H31F6N5/c1-17-8-19-9-18(20-12-35-37(2)13-20)4-5-23(19)27(39(17)16-28(32,33)34)26-24(30)10-21(11-25(26)31)36-22-14-38(15-22)7-3-6-29/h4-5,9-13,17,22,27,36H,3,6-8,14-16H2,1-2H3/t17-,27+/m1/s1. The first-order valence-electron chi connectivity index (χ1n) is 13.0. The SMILES string of the molecule is C[C@@H]1Cc2cc(-c3cnn(C)c3)ccc2[C@@H](c2c(F)cc(NC3CN(CCCF)C3)cc2F)N1CC(F)(F)F. The number of aromatic nitrogens is 2. The van der Waals surface area contributed by atoms with Crippen LogP contribution in [0.2, 0.25) is 0 Å². The predicted octanol–water partition coefficient (Wildman–Crippen LogP) is 5.72. The fraction of sp³-hybridized carbons (Fsp3) is 0.464. The van der Waals surface area contributed by atoms with Crippen molar-refractivity contribution in [2.45, 2.75) is 44.1 Å². The van der Waals surface area contributed by atoms with E-state index in [0.717, 1.165) is 33.7 Å². The van der Waals surface area contributed by atoms with Gasteiger partial charge >= 0.3 is 6.18 Å². The van der Waals surface area contributed by atoms with Gasteiger partial charge in [0, 0.05) is 55.7 Å². The molecule has 11 heteroatoms. The molecule has 3 aromatic rings. The number of halogens is 6. The first-order chi connectivity index (χ1) is 18.5. The predicted molar refractivity (Wildman–Crippen MR) is 137 cm³/mol. The van der Waals surface area contributed by atoms with Crippen LogP contribution in [0, 0.1) is 11.6 Å². The zero-order chi connectivity index (χ0) is 27.9. The summed E-state index contributed by atoms with van der Waals surface area (Å²) in [5.41, 5.74) is 2.70. The fourth-order valence-electron chi connectivity index (χ4n) is 5.73. The number of alkyl halides is 4. The molecule has 3 heterocycles. The number of hydrogen-bond acceptors (Lipinski definition) is 4. The lowest BCUT2D eigenvalue weighted by molar-refractivity contribution is -0.155. The maximum Gasteiger partial charge on any atom is 0.401 e. The van der Waals surface area contributed by atoms with E-state index in [9.17, 15) is 17.6 Å². The summed E-state index contributed by atoms with van der Waals surface area (Å²) in [6, 6.07) is 5.69. The lowest BCUT2D eigenvalue weighted by Crippen LogP contribution is -2.54. The largest absolute Gasteiger partial charge is 0.401 e. The summed E-state index contributed by atoms with van der Waals surface area (Å²) < 4.78 is 86.3. The van der Waals surface area contributed by atoms with Crippen LogP contribution < -0.4 is 5.32 Å². The Labute approximate surface area is 223 Å². The summed E-state index contributed by atoms with van der Waals surface area (Å²) in [4.78, 5) is 3.17. The van der Waals surface area contributed by atoms with Crippen LogP contribution in [0.15, 0.2) is 42.7 Å². The molecule has 0 spiro atoms. The van der Waals surface area contributed by atoms with Crippen molar-refractivity contribution in [2.75, 3.05) is 38.2 Å². The quantitative estimate of drug-likeness (QED) is 0.364. The second-order valence-electron chi connectivity index (χ2n) is 10.6. The van der Waals surface area contributed by atoms with Crippen LogP contribution in [0.25, 0.3) is 11.1 Å². The van der Waals surface area contributed by atoms with E-state index < -0.39 is 48.7 Å². The molecule has 2 aliphatic rings. The van der Waals surface area contributed by atoms with Gasteiger partial charge in [0.05, 0.1) is 31.5 Å². The highest BCUT2D eigenvalue weighted by atomic mass is 19.4. The maximum absolute atomic E-state index is 15.6. The van der Waals surface area contributed by atoms with Gasteiger partial charge in [0.25, 0.3) is 0 Å². The minimum absolute atomic E-state index is 0.0442. The Bertz CT molecular complexity index is 1290. The third-order valence-corrected chi connectivity index (χ3v) is 7.54. The molecule has 0 unspecified atom stereocenters. The van der Waals surface area contributed by atoms with Crippen molar-refractivity contribution < 1.29 is 26.3 Å². The van der Waals surface area contributed by atoms with Crippen molar-refractivity contribution in [3.8, 4) is 11.1 Å². The smallest absolute Gasteiger partial charge is 0.380 e. The second kappa shape index (κ2) is 10.8. The van der Waals surface area contributed by atoms with E-state index in [2.05, 4.69) is 10.4 Å². The number of hydrogen-bond donors (Lipinski definition) is 1. The van der Waals surface area contributed by atoms with Crippen LogP contribution in [0.4, 0.5) is 32.0 Å². The summed E-state index contributed by atoms with van der Waals surface area (Å²) in [7, 11) is 1.78. The third kappa shape index (κ3) is 5.94. The van der Waals surface area contributed by atoms with Crippen LogP contribution in [-0.2, 0) is 13.5 Å². The highest BCUT2D eigenvalue weighted by Gasteiger charge is 2.42. The van der Waals surface area contributed by atoms with Gasteiger partial charge in [0.15, 0.2) is 0 Å². The molecule has 2 aliphatic heterocycles. The van der Waals surface area contributed by atoms with E-state index in [1.165, 1.54) is 0 Å². The number of fused-ring (bicyclic) bond motifs is 1. The fourth-order valence-corrected chi connectivity index (χ4v) is 5.73. The van der Waals surface area contributed by atoms with Gasteiger partial charge in [-0.2, -0.15) is 18.3 Å². The van der Waals surface area contributed by atoms with Crippen molar-refractivity contribution in [1.29, 1.82) is 0 Å². The minimum Gasteiger partial charge on any atom is -0.380 e. The second-order valence-corrected chi connectivity index (χ2v) is 10.6. The highest BCUT2D eigenvalue weighted by molar-refractivity contribution is 5.64. The summed E-state index contributed by atoms with van der Waals surface area (Å²) >= 11 is 0. The Morgan fingerprint density at radius 3 is 2.38 bits per heavy atom. The summed E-state index contributed by atoms with van der Waals surface area (Å²) in [6.45, 7) is 1.82. The van der Waals surface area contributed by atoms with E-state index in [1.54, 1.807) is 37.0 Å². The molecule has 2 aromatic carbocycles. The van der Waals surface area contributed by atoms with Gasteiger partial charge in [-0.1, -0.05) is 18.2 Å². The van der Waals surface area contributed by atoms with E-state index in [1.807, 2.05) is 17.2 Å². The van der Waals surface area contributed by atoms with Gasteiger partial charge in [0.1, 0.15) is 11.6 Å². The molecule has 5 nitrogen and oxygen atoms in total. The van der Waals surface area contributed by atoms with Crippen LogP contribution in [0.1, 0.15) is 36.1 Å². The van der Waals surface area contributed by atoms with Gasteiger partial charge in [0.2, 0.25) is 0 Å². The Kier molecular flexibility index (Phi) is 7.65. The van der Waals surface area contributed by atoms with Crippen molar-refractivity contribution in [3.05, 3.63) is 71.1 Å². The average molecular weight is 552 g/mol. The normalized spacial score (nSPS) is 20.6. The molecule has 1 saturated heterocycles. The number of benzene rings is 2. The van der Waals surface area contributed by atoms with E-state index >= 15 is 8.78 Å². The first kappa shape index (κ1) is 27.5. The molecule has 210 valence electrons. The molecule has 1 aromatic heterocycles. The number of rotatable bonds is 8. The Morgan fingerprint density at radius 2 is 1.77 bits per heavy atom.